The van der Waals surface area contributed by atoms with E-state index in [2.05, 4.69) is 12.1 Å². The van der Waals surface area contributed by atoms with Crippen LogP contribution >= 0.6 is 23.4 Å². The highest BCUT2D eigenvalue weighted by Gasteiger charge is 2.50. The van der Waals surface area contributed by atoms with Crippen LogP contribution in [-0.4, -0.2) is 90.0 Å². The lowest BCUT2D eigenvalue weighted by atomic mass is 9.90. The van der Waals surface area contributed by atoms with E-state index in [-0.39, 0.29) is 17.1 Å². The lowest BCUT2D eigenvalue weighted by Crippen LogP contribution is -2.60. The summed E-state index contributed by atoms with van der Waals surface area (Å²) in [6.45, 7) is 4.65. The van der Waals surface area contributed by atoms with E-state index < -0.39 is 54.2 Å². The molecule has 0 unspecified atom stereocenters. The Balaban J connectivity index is 0.00000148. The molecule has 3 aromatic carbocycles. The first kappa shape index (κ1) is 43.8. The molecule has 304 valence electrons. The number of aliphatic hydroxyl groups excluding tert-OH is 3. The van der Waals surface area contributed by atoms with Gasteiger partial charge in [-0.1, -0.05) is 78.3 Å². The Kier molecular flexibility index (Phi) is 14.5. The van der Waals surface area contributed by atoms with Crippen molar-refractivity contribution >= 4 is 64.3 Å². The minimum absolute atomic E-state index is 0.0178. The Hall–Kier alpha value is -4.34. The molecule has 0 spiro atoms. The molecule has 1 aliphatic heterocycles. The third-order valence-corrected chi connectivity index (χ3v) is 11.8. The number of aliphatic hydroxyl groups is 4. The maximum Gasteiger partial charge on any atom is 0.335 e. The molecule has 14 heteroatoms. The van der Waals surface area contributed by atoms with Gasteiger partial charge in [0.25, 0.3) is 5.97 Å². The van der Waals surface area contributed by atoms with Crippen LogP contribution in [0.25, 0.3) is 23.1 Å². The molecule has 1 aliphatic carbocycles. The monoisotopic (exact) mass is 821 g/mol. The summed E-state index contributed by atoms with van der Waals surface area (Å²) >= 11 is 7.94. The summed E-state index contributed by atoms with van der Waals surface area (Å²) in [5.41, 5.74) is 4.30. The van der Waals surface area contributed by atoms with E-state index in [1.807, 2.05) is 78.9 Å². The van der Waals surface area contributed by atoms with Gasteiger partial charge in [-0.3, -0.25) is 9.59 Å². The van der Waals surface area contributed by atoms with Gasteiger partial charge in [0, 0.05) is 28.3 Å². The summed E-state index contributed by atoms with van der Waals surface area (Å²) in [4.78, 5) is 38.3. The number of benzene rings is 3. The van der Waals surface area contributed by atoms with E-state index in [9.17, 15) is 35.1 Å². The number of halogens is 1. The first-order chi connectivity index (χ1) is 26.9. The average molecular weight is 822 g/mol. The van der Waals surface area contributed by atoms with Crippen molar-refractivity contribution in [2.75, 3.05) is 5.75 Å². The number of carbonyl (C=O) groups is 3. The summed E-state index contributed by atoms with van der Waals surface area (Å²) in [5, 5.41) is 59.7. The Bertz CT molecular complexity index is 2080. The normalized spacial score (nSPS) is 22.0. The van der Waals surface area contributed by atoms with Gasteiger partial charge in [-0.15, -0.1) is 0 Å². The fraction of sp³-hybridized carbons (Fsp3) is 0.395. The van der Waals surface area contributed by atoms with Gasteiger partial charge < -0.3 is 40.1 Å². The molecule has 6 atom stereocenters. The molecule has 0 bridgehead atoms. The molecule has 2 fully saturated rings. The number of rotatable bonds is 14. The number of carboxylic acid groups (broad SMARTS) is 2. The zero-order valence-corrected chi connectivity index (χ0v) is 33.4. The number of hydrogen-bond acceptors (Lipinski definition) is 11. The number of pyridine rings is 1. The predicted molar refractivity (Wildman–Crippen MR) is 217 cm³/mol. The van der Waals surface area contributed by atoms with Gasteiger partial charge in [-0.25, -0.2) is 9.78 Å². The number of nitrogens with zero attached hydrogens (tertiary/aromatic N) is 1. The topological polar surface area (TPSA) is 204 Å². The van der Waals surface area contributed by atoms with E-state index in [0.717, 1.165) is 65.0 Å². The van der Waals surface area contributed by atoms with E-state index in [4.69, 9.17) is 36.0 Å². The van der Waals surface area contributed by atoms with Crippen molar-refractivity contribution in [1.29, 1.82) is 0 Å². The fourth-order valence-electron chi connectivity index (χ4n) is 6.66. The van der Waals surface area contributed by atoms with Crippen molar-refractivity contribution in [1.82, 2.24) is 4.98 Å². The number of aromatic nitrogens is 1. The van der Waals surface area contributed by atoms with Gasteiger partial charge >= 0.3 is 11.9 Å². The van der Waals surface area contributed by atoms with Gasteiger partial charge in [0.2, 0.25) is 6.29 Å². The van der Waals surface area contributed by atoms with Gasteiger partial charge in [-0.05, 0) is 91.5 Å². The molecule has 6 rings (SSSR count). The maximum absolute atomic E-state index is 13.1. The quantitative estimate of drug-likeness (QED) is 0.0765. The van der Waals surface area contributed by atoms with Crippen LogP contribution in [0.15, 0.2) is 78.9 Å². The number of aliphatic carboxylic acids is 2. The van der Waals surface area contributed by atoms with Gasteiger partial charge in [0.1, 0.15) is 18.3 Å². The van der Waals surface area contributed by atoms with Crippen LogP contribution in [0.1, 0.15) is 79.7 Å². The number of esters is 1. The molecular formula is C43H48ClNO11S. The third-order valence-electron chi connectivity index (χ3n) is 9.88. The van der Waals surface area contributed by atoms with E-state index >= 15 is 0 Å². The highest BCUT2D eigenvalue weighted by molar-refractivity contribution is 7.99. The van der Waals surface area contributed by atoms with Crippen LogP contribution in [0.2, 0.25) is 5.02 Å². The van der Waals surface area contributed by atoms with Crippen molar-refractivity contribution in [2.24, 2.45) is 5.41 Å². The lowest BCUT2D eigenvalue weighted by Gasteiger charge is -2.38. The number of aryl methyl sites for hydroxylation is 1. The zero-order chi connectivity index (χ0) is 41.5. The number of hydrogen-bond donors (Lipinski definition) is 6. The zero-order valence-electron chi connectivity index (χ0n) is 31.8. The second-order valence-corrected chi connectivity index (χ2v) is 16.7. The molecule has 0 amide bonds. The molecule has 2 heterocycles. The molecule has 4 aromatic rings. The molecule has 12 nitrogen and oxygen atoms in total. The summed E-state index contributed by atoms with van der Waals surface area (Å²) < 4.78 is 10.5. The largest absolute Gasteiger partial charge is 0.481 e. The molecule has 1 aromatic heterocycles. The molecule has 57 heavy (non-hydrogen) atoms. The lowest BCUT2D eigenvalue weighted by molar-refractivity contribution is -0.286. The summed E-state index contributed by atoms with van der Waals surface area (Å²) in [5.74, 6) is -2.44. The van der Waals surface area contributed by atoms with Crippen LogP contribution in [0.3, 0.4) is 0 Å². The maximum atomic E-state index is 13.1. The van der Waals surface area contributed by atoms with Crippen molar-refractivity contribution in [3.63, 3.8) is 0 Å². The second kappa shape index (κ2) is 18.9. The number of carbonyl (C=O) groups excluding carboxylic acids is 1. The van der Waals surface area contributed by atoms with Gasteiger partial charge in [0.15, 0.2) is 6.10 Å². The van der Waals surface area contributed by atoms with E-state index in [1.165, 1.54) is 0 Å². The first-order valence-electron chi connectivity index (χ1n) is 18.5. The molecule has 6 N–H and O–H groups in total. The number of fused-ring (bicyclic) bond motifs is 1. The number of thioether (sulfide) groups is 1. The molecule has 1 saturated carbocycles. The van der Waals surface area contributed by atoms with Crippen LogP contribution in [-0.2, 0) is 35.9 Å². The summed E-state index contributed by atoms with van der Waals surface area (Å²) in [6, 6.07) is 25.8. The van der Waals surface area contributed by atoms with Crippen LogP contribution < -0.4 is 0 Å². The highest BCUT2D eigenvalue weighted by Crippen LogP contribution is 2.54. The summed E-state index contributed by atoms with van der Waals surface area (Å²) in [6.07, 6.45) is -2.07. The number of ether oxygens (including phenoxy) is 2. The van der Waals surface area contributed by atoms with Crippen molar-refractivity contribution < 1.29 is 54.5 Å². The molecule has 0 radical (unpaired) electrons. The van der Waals surface area contributed by atoms with E-state index in [0.29, 0.717) is 17.2 Å². The van der Waals surface area contributed by atoms with Gasteiger partial charge in [0.05, 0.1) is 23.2 Å². The van der Waals surface area contributed by atoms with Crippen LogP contribution in [0.5, 0.6) is 0 Å². The SMILES string of the molecule is CC(=O)O.CC(C)(O)c1ccccc1CC[C@@H](SCC1(CC(=O)O[C@@H]2O[C@H](C(=O)O)[C@@H](O)[C@H](O)[C@H]2O)CC1)c1cccc(/C=C/c2ccc3ccc(Cl)cc3n2)c1. The van der Waals surface area contributed by atoms with Crippen LogP contribution in [0, 0.1) is 5.41 Å². The predicted octanol–water partition coefficient (Wildman–Crippen LogP) is 6.39. The Morgan fingerprint density at radius 1 is 0.965 bits per heavy atom. The smallest absolute Gasteiger partial charge is 0.335 e. The number of carboxylic acids is 2. The third kappa shape index (κ3) is 12.1. The average Bonchev–Trinajstić information content (AvgIpc) is 3.92. The minimum Gasteiger partial charge on any atom is -0.481 e. The Labute approximate surface area is 340 Å². The van der Waals surface area contributed by atoms with Crippen LogP contribution in [0.4, 0.5) is 0 Å². The standard InChI is InChI=1S/C41H44ClNO9S.C2H4O2/c1-40(2,50)30-9-4-3-7-25(30)13-17-32(27-8-5-6-24(20-27)10-15-29-16-12-26-11-14-28(42)21-31(26)43-29)53-23-41(18-19-41)22-33(44)51-39-36(47)34(45)35(46)37(52-39)38(48)49;1-2(3)4/h3-12,14-16,20-21,32,34-37,39,45-47,50H,13,17-19,22-23H2,1-2H3,(H,48,49);1H3,(H,3,4)/b15-10+;/t32-,34+,35+,36-,37+,39-;/m1./s1. The second-order valence-electron chi connectivity index (χ2n) is 15.1. The van der Waals surface area contributed by atoms with Crippen molar-refractivity contribution in [2.45, 2.75) is 94.4 Å². The molecule has 2 aliphatic rings. The Morgan fingerprint density at radius 3 is 2.35 bits per heavy atom. The fourth-order valence-corrected chi connectivity index (χ4v) is 8.40. The summed E-state index contributed by atoms with van der Waals surface area (Å²) in [7, 11) is 0. The first-order valence-corrected chi connectivity index (χ1v) is 20.0. The highest BCUT2D eigenvalue weighted by atomic mass is 35.5. The van der Waals surface area contributed by atoms with Crippen molar-refractivity contribution in [3.05, 3.63) is 112 Å². The van der Waals surface area contributed by atoms with E-state index in [1.54, 1.807) is 25.6 Å². The van der Waals surface area contributed by atoms with Crippen molar-refractivity contribution in [3.8, 4) is 0 Å². The molecule has 1 saturated heterocycles. The minimum atomic E-state index is -1.88. The molecular weight excluding hydrogens is 774 g/mol. The van der Waals surface area contributed by atoms with Gasteiger partial charge in [-0.2, -0.15) is 11.8 Å². The Morgan fingerprint density at radius 2 is 1.67 bits per heavy atom.